The van der Waals surface area contributed by atoms with Crippen molar-refractivity contribution in [3.05, 3.63) is 139 Å². The lowest BCUT2D eigenvalue weighted by Crippen LogP contribution is -2.01. The van der Waals surface area contributed by atoms with Gasteiger partial charge in [-0.15, -0.1) is 0 Å². The second-order valence-corrected chi connectivity index (χ2v) is 8.68. The minimum Gasteiger partial charge on any atom is -0.208 e. The molecule has 0 radical (unpaired) electrons. The van der Waals surface area contributed by atoms with E-state index < -0.39 is 0 Å². The topological polar surface area (TPSA) is 38.7 Å². The zero-order valence-electron chi connectivity index (χ0n) is 19.9. The smallest absolute Gasteiger partial charge is 0.167 e. The lowest BCUT2D eigenvalue weighted by atomic mass is 10.0. The van der Waals surface area contributed by atoms with E-state index in [0.717, 1.165) is 33.4 Å². The molecule has 0 saturated carbocycles. The van der Waals surface area contributed by atoms with Crippen molar-refractivity contribution in [2.45, 2.75) is 0 Å². The molecule has 4 heteroatoms. The Kier molecular flexibility index (Phi) is 6.05. The molecule has 1 heterocycles. The third-order valence-corrected chi connectivity index (χ3v) is 6.23. The number of nitrogens with zero attached hydrogens (tertiary/aromatic N) is 3. The molecule has 0 spiro atoms. The van der Waals surface area contributed by atoms with Crippen molar-refractivity contribution >= 4 is 0 Å². The summed E-state index contributed by atoms with van der Waals surface area (Å²) in [4.78, 5) is 14.1. The second kappa shape index (κ2) is 9.96. The van der Waals surface area contributed by atoms with Crippen LogP contribution in [0.2, 0.25) is 0 Å². The van der Waals surface area contributed by atoms with Gasteiger partial charge in [0.25, 0.3) is 0 Å². The van der Waals surface area contributed by atoms with E-state index in [4.69, 9.17) is 9.97 Å². The molecule has 0 aliphatic rings. The summed E-state index contributed by atoms with van der Waals surface area (Å²) in [5, 5.41) is 0. The van der Waals surface area contributed by atoms with E-state index in [-0.39, 0.29) is 5.82 Å². The average Bonchev–Trinajstić information content (AvgIpc) is 2.98. The van der Waals surface area contributed by atoms with Gasteiger partial charge in [-0.25, -0.2) is 19.3 Å². The summed E-state index contributed by atoms with van der Waals surface area (Å²) in [7, 11) is 0. The van der Waals surface area contributed by atoms with E-state index in [9.17, 15) is 0 Å². The van der Waals surface area contributed by atoms with Crippen molar-refractivity contribution in [1.29, 1.82) is 0 Å². The molecule has 0 atom stereocenters. The molecule has 0 aliphatic carbocycles. The van der Waals surface area contributed by atoms with E-state index in [1.54, 1.807) is 6.07 Å². The zero-order chi connectivity index (χ0) is 25.0. The second-order valence-electron chi connectivity index (χ2n) is 8.68. The van der Waals surface area contributed by atoms with Gasteiger partial charge in [-0.1, -0.05) is 121 Å². The molecule has 0 unspecified atom stereocenters. The Bertz CT molecular complexity index is 1650. The van der Waals surface area contributed by atoms with Crippen LogP contribution in [0.3, 0.4) is 0 Å². The number of halogens is 1. The van der Waals surface area contributed by atoms with Gasteiger partial charge in [0, 0.05) is 11.1 Å². The Morgan fingerprint density at radius 2 is 0.730 bits per heavy atom. The molecular weight excluding hydrogens is 457 g/mol. The Balaban J connectivity index is 1.44. The largest absolute Gasteiger partial charge is 0.208 e. The predicted octanol–water partition coefficient (Wildman–Crippen LogP) is 8.35. The normalized spacial score (nSPS) is 10.8. The van der Waals surface area contributed by atoms with Gasteiger partial charge in [0.1, 0.15) is 5.82 Å². The van der Waals surface area contributed by atoms with Gasteiger partial charge >= 0.3 is 0 Å². The lowest BCUT2D eigenvalue weighted by molar-refractivity contribution is 0.630. The van der Waals surface area contributed by atoms with E-state index in [2.05, 4.69) is 17.1 Å². The Morgan fingerprint density at radius 3 is 1.27 bits per heavy atom. The van der Waals surface area contributed by atoms with Gasteiger partial charge < -0.3 is 0 Å². The highest BCUT2D eigenvalue weighted by molar-refractivity contribution is 5.72. The van der Waals surface area contributed by atoms with Crippen molar-refractivity contribution < 1.29 is 4.39 Å². The lowest BCUT2D eigenvalue weighted by Gasteiger charge is -2.10. The molecule has 0 amide bonds. The fraction of sp³-hybridized carbons (Fsp3) is 0. The first-order chi connectivity index (χ1) is 18.2. The molecule has 0 saturated heterocycles. The molecular formula is C33H22FN3. The summed E-state index contributed by atoms with van der Waals surface area (Å²) in [6, 6.07) is 42.9. The van der Waals surface area contributed by atoms with Gasteiger partial charge in [-0.2, -0.15) is 0 Å². The Hall–Kier alpha value is -4.96. The van der Waals surface area contributed by atoms with Crippen LogP contribution in [0.4, 0.5) is 4.39 Å². The first-order valence-electron chi connectivity index (χ1n) is 12.1. The molecule has 37 heavy (non-hydrogen) atoms. The molecule has 0 aliphatic heterocycles. The van der Waals surface area contributed by atoms with Gasteiger partial charge in [-0.05, 0) is 34.4 Å². The maximum atomic E-state index is 15.4. The minimum absolute atomic E-state index is 0.299. The molecule has 176 valence electrons. The summed E-state index contributed by atoms with van der Waals surface area (Å²) in [5.74, 6) is 0.916. The summed E-state index contributed by atoms with van der Waals surface area (Å²) < 4.78 is 15.4. The van der Waals surface area contributed by atoms with E-state index in [0.29, 0.717) is 23.0 Å². The standard InChI is InChI=1S/C33H22FN3/c34-30-22-28(24-12-6-2-7-13-24)20-21-29(30)33-36-31(26-14-8-3-9-15-26)35-32(37-33)27-18-16-25(17-19-27)23-10-4-1-5-11-23/h1-22H. The van der Waals surface area contributed by atoms with E-state index >= 15 is 4.39 Å². The summed E-state index contributed by atoms with van der Waals surface area (Å²) >= 11 is 0. The zero-order valence-corrected chi connectivity index (χ0v) is 19.9. The highest BCUT2D eigenvalue weighted by atomic mass is 19.1. The van der Waals surface area contributed by atoms with Crippen LogP contribution in [0, 0.1) is 5.82 Å². The van der Waals surface area contributed by atoms with E-state index in [1.807, 2.05) is 109 Å². The molecule has 5 aromatic carbocycles. The quantitative estimate of drug-likeness (QED) is 0.249. The third kappa shape index (κ3) is 4.78. The van der Waals surface area contributed by atoms with Crippen molar-refractivity contribution in [3.63, 3.8) is 0 Å². The van der Waals surface area contributed by atoms with Crippen LogP contribution in [-0.4, -0.2) is 15.0 Å². The highest BCUT2D eigenvalue weighted by Crippen LogP contribution is 2.30. The summed E-state index contributed by atoms with van der Waals surface area (Å²) in [5.41, 5.74) is 6.00. The number of rotatable bonds is 5. The SMILES string of the molecule is Fc1cc(-c2ccccc2)ccc1-c1nc(-c2ccccc2)nc(-c2ccc(-c3ccccc3)cc2)n1. The van der Waals surface area contributed by atoms with Crippen molar-refractivity contribution in [1.82, 2.24) is 15.0 Å². The van der Waals surface area contributed by atoms with Crippen LogP contribution < -0.4 is 0 Å². The fourth-order valence-electron chi connectivity index (χ4n) is 4.29. The Labute approximate surface area is 215 Å². The van der Waals surface area contributed by atoms with Crippen molar-refractivity contribution in [2.24, 2.45) is 0 Å². The first kappa shape index (κ1) is 22.5. The van der Waals surface area contributed by atoms with Crippen LogP contribution in [0.1, 0.15) is 0 Å². The fourth-order valence-corrected chi connectivity index (χ4v) is 4.29. The molecule has 0 N–H and O–H groups in total. The molecule has 0 fully saturated rings. The van der Waals surface area contributed by atoms with Crippen molar-refractivity contribution in [2.75, 3.05) is 0 Å². The molecule has 3 nitrogen and oxygen atoms in total. The highest BCUT2D eigenvalue weighted by Gasteiger charge is 2.16. The van der Waals surface area contributed by atoms with Crippen molar-refractivity contribution in [3.8, 4) is 56.4 Å². The number of hydrogen-bond acceptors (Lipinski definition) is 3. The molecule has 1 aromatic heterocycles. The summed E-state index contributed by atoms with van der Waals surface area (Å²) in [6.07, 6.45) is 0. The van der Waals surface area contributed by atoms with Crippen LogP contribution >= 0.6 is 0 Å². The first-order valence-corrected chi connectivity index (χ1v) is 12.1. The third-order valence-electron chi connectivity index (χ3n) is 6.23. The molecule has 6 rings (SSSR count). The maximum absolute atomic E-state index is 15.4. The van der Waals surface area contributed by atoms with Gasteiger partial charge in [-0.3, -0.25) is 0 Å². The van der Waals surface area contributed by atoms with Crippen LogP contribution in [0.15, 0.2) is 133 Å². The number of hydrogen-bond donors (Lipinski definition) is 0. The molecule has 6 aromatic rings. The summed E-state index contributed by atoms with van der Waals surface area (Å²) in [6.45, 7) is 0. The van der Waals surface area contributed by atoms with E-state index in [1.165, 1.54) is 6.07 Å². The predicted molar refractivity (Wildman–Crippen MR) is 147 cm³/mol. The minimum atomic E-state index is -0.378. The Morgan fingerprint density at radius 1 is 0.351 bits per heavy atom. The van der Waals surface area contributed by atoms with Crippen LogP contribution in [0.25, 0.3) is 56.4 Å². The van der Waals surface area contributed by atoms with Gasteiger partial charge in [0.2, 0.25) is 0 Å². The monoisotopic (exact) mass is 479 g/mol. The maximum Gasteiger partial charge on any atom is 0.167 e. The van der Waals surface area contributed by atoms with Crippen LogP contribution in [-0.2, 0) is 0 Å². The molecule has 0 bridgehead atoms. The van der Waals surface area contributed by atoms with Gasteiger partial charge in [0.15, 0.2) is 17.5 Å². The number of aromatic nitrogens is 3. The van der Waals surface area contributed by atoms with Crippen LogP contribution in [0.5, 0.6) is 0 Å². The number of benzene rings is 5. The van der Waals surface area contributed by atoms with Gasteiger partial charge in [0.05, 0.1) is 5.56 Å². The average molecular weight is 480 g/mol.